The van der Waals surface area contributed by atoms with E-state index in [1.807, 2.05) is 13.8 Å². The van der Waals surface area contributed by atoms with Crippen LogP contribution < -0.4 is 11.1 Å². The van der Waals surface area contributed by atoms with Crippen molar-refractivity contribution >= 4 is 18.3 Å². The molecule has 0 saturated carbocycles. The van der Waals surface area contributed by atoms with Gasteiger partial charge >= 0.3 is 6.18 Å². The molecule has 1 aromatic carbocycles. The Hall–Kier alpha value is -2.13. The van der Waals surface area contributed by atoms with Crippen LogP contribution in [0.5, 0.6) is 0 Å². The van der Waals surface area contributed by atoms with E-state index in [0.717, 1.165) is 16.8 Å². The summed E-state index contributed by atoms with van der Waals surface area (Å²) in [7, 11) is 0. The lowest BCUT2D eigenvalue weighted by Crippen LogP contribution is -2.41. The van der Waals surface area contributed by atoms with Crippen molar-refractivity contribution in [1.82, 2.24) is 20.3 Å². The molecule has 0 bridgehead atoms. The molecule has 1 aromatic heterocycles. The van der Waals surface area contributed by atoms with E-state index in [4.69, 9.17) is 5.73 Å². The first-order valence-electron chi connectivity index (χ1n) is 7.81. The van der Waals surface area contributed by atoms with Gasteiger partial charge < -0.3 is 11.1 Å². The van der Waals surface area contributed by atoms with Crippen molar-refractivity contribution in [2.24, 2.45) is 11.7 Å². The van der Waals surface area contributed by atoms with Gasteiger partial charge in [0.15, 0.2) is 5.69 Å². The summed E-state index contributed by atoms with van der Waals surface area (Å²) >= 11 is 0. The first-order chi connectivity index (χ1) is 11.7. The van der Waals surface area contributed by atoms with Gasteiger partial charge in [0, 0.05) is 12.6 Å². The lowest BCUT2D eigenvalue weighted by molar-refractivity contribution is -0.137. The molecule has 2 rings (SSSR count). The summed E-state index contributed by atoms with van der Waals surface area (Å²) in [6.45, 7) is 4.31. The molecule has 144 valence electrons. The number of nitrogens with two attached hydrogens (primary N) is 1. The van der Waals surface area contributed by atoms with Gasteiger partial charge in [0.2, 0.25) is 0 Å². The number of nitrogens with zero attached hydrogens (tertiary/aromatic N) is 3. The number of benzene rings is 1. The summed E-state index contributed by atoms with van der Waals surface area (Å²) in [6, 6.07) is 4.43. The Morgan fingerprint density at radius 1 is 1.35 bits per heavy atom. The fourth-order valence-electron chi connectivity index (χ4n) is 2.36. The van der Waals surface area contributed by atoms with Crippen LogP contribution >= 0.6 is 12.4 Å². The van der Waals surface area contributed by atoms with E-state index >= 15 is 0 Å². The van der Waals surface area contributed by atoms with E-state index in [-0.39, 0.29) is 36.4 Å². The van der Waals surface area contributed by atoms with E-state index in [2.05, 4.69) is 15.6 Å². The van der Waals surface area contributed by atoms with E-state index in [9.17, 15) is 18.0 Å². The average molecular weight is 392 g/mol. The molecule has 1 heterocycles. The lowest BCUT2D eigenvalue weighted by Gasteiger charge is -2.17. The fourth-order valence-corrected chi connectivity index (χ4v) is 2.36. The lowest BCUT2D eigenvalue weighted by atomic mass is 10.0. The molecule has 0 radical (unpaired) electrons. The normalized spacial score (nSPS) is 12.6. The van der Waals surface area contributed by atoms with Gasteiger partial charge in [-0.2, -0.15) is 13.2 Å². The number of carbonyl (C=O) groups is 1. The minimum Gasteiger partial charge on any atom is -0.347 e. The zero-order valence-electron chi connectivity index (χ0n) is 14.3. The van der Waals surface area contributed by atoms with Crippen molar-refractivity contribution < 1.29 is 18.0 Å². The van der Waals surface area contributed by atoms with Crippen LogP contribution in [-0.2, 0) is 6.18 Å². The van der Waals surface area contributed by atoms with Gasteiger partial charge in [-0.25, -0.2) is 4.68 Å². The van der Waals surface area contributed by atoms with Crippen LogP contribution in [0.15, 0.2) is 30.5 Å². The highest BCUT2D eigenvalue weighted by Crippen LogP contribution is 2.30. The van der Waals surface area contributed by atoms with E-state index in [1.54, 1.807) is 0 Å². The SMILES string of the molecule is CC(C)CC(CN)NC(=O)c1cn(-c2cccc(C(F)(F)F)c2)nn1.Cl. The van der Waals surface area contributed by atoms with Crippen molar-refractivity contribution in [3.63, 3.8) is 0 Å². The zero-order chi connectivity index (χ0) is 18.6. The standard InChI is InChI=1S/C16H20F3N5O.ClH/c1-10(2)6-12(8-20)21-15(25)14-9-24(23-22-14)13-5-3-4-11(7-13)16(17,18)19;/h3-5,7,9-10,12H,6,8,20H2,1-2H3,(H,21,25);1H. The van der Waals surface area contributed by atoms with Gasteiger partial charge in [-0.3, -0.25) is 4.79 Å². The van der Waals surface area contributed by atoms with E-state index in [1.165, 1.54) is 18.3 Å². The summed E-state index contributed by atoms with van der Waals surface area (Å²) in [5.41, 5.74) is 5.02. The smallest absolute Gasteiger partial charge is 0.347 e. The molecule has 3 N–H and O–H groups in total. The maximum Gasteiger partial charge on any atom is 0.416 e. The summed E-state index contributed by atoms with van der Waals surface area (Å²) in [6.07, 6.45) is -2.46. The Labute approximate surface area is 155 Å². The van der Waals surface area contributed by atoms with Crippen LogP contribution in [-0.4, -0.2) is 33.5 Å². The van der Waals surface area contributed by atoms with Crippen molar-refractivity contribution in [2.75, 3.05) is 6.54 Å². The number of amides is 1. The molecule has 0 aliphatic heterocycles. The number of halogens is 4. The monoisotopic (exact) mass is 391 g/mol. The predicted molar refractivity (Wildman–Crippen MR) is 93.4 cm³/mol. The van der Waals surface area contributed by atoms with Gasteiger partial charge in [-0.05, 0) is 30.5 Å². The van der Waals surface area contributed by atoms with Crippen LogP contribution in [0.2, 0.25) is 0 Å². The van der Waals surface area contributed by atoms with Crippen LogP contribution in [0.1, 0.15) is 36.3 Å². The molecular weight excluding hydrogens is 371 g/mol. The molecule has 6 nitrogen and oxygen atoms in total. The third-order valence-corrected chi connectivity index (χ3v) is 3.54. The maximum absolute atomic E-state index is 12.8. The second-order valence-electron chi connectivity index (χ2n) is 6.13. The Balaban J connectivity index is 0.00000338. The predicted octanol–water partition coefficient (Wildman–Crippen LogP) is 2.81. The van der Waals surface area contributed by atoms with Crippen molar-refractivity contribution in [2.45, 2.75) is 32.5 Å². The second-order valence-corrected chi connectivity index (χ2v) is 6.13. The van der Waals surface area contributed by atoms with Gasteiger partial charge in [0.25, 0.3) is 5.91 Å². The van der Waals surface area contributed by atoms with Gasteiger partial charge in [-0.1, -0.05) is 25.1 Å². The topological polar surface area (TPSA) is 85.8 Å². The first-order valence-corrected chi connectivity index (χ1v) is 7.81. The Morgan fingerprint density at radius 3 is 2.62 bits per heavy atom. The summed E-state index contributed by atoms with van der Waals surface area (Å²) in [5, 5.41) is 10.2. The first kappa shape index (κ1) is 21.9. The highest BCUT2D eigenvalue weighted by molar-refractivity contribution is 5.92. The highest BCUT2D eigenvalue weighted by Gasteiger charge is 2.30. The van der Waals surface area contributed by atoms with Crippen LogP contribution in [0.3, 0.4) is 0 Å². The largest absolute Gasteiger partial charge is 0.416 e. The molecule has 1 unspecified atom stereocenters. The molecule has 2 aromatic rings. The number of carbonyl (C=O) groups excluding carboxylic acids is 1. The summed E-state index contributed by atoms with van der Waals surface area (Å²) < 4.78 is 39.5. The minimum atomic E-state index is -4.46. The van der Waals surface area contributed by atoms with E-state index < -0.39 is 17.6 Å². The molecule has 0 spiro atoms. The number of rotatable bonds is 6. The molecule has 0 aliphatic carbocycles. The Bertz CT molecular complexity index is 733. The van der Waals surface area contributed by atoms with Crippen LogP contribution in [0.25, 0.3) is 5.69 Å². The maximum atomic E-state index is 12.8. The van der Waals surface area contributed by atoms with Crippen molar-refractivity contribution in [3.8, 4) is 5.69 Å². The number of hydrogen-bond donors (Lipinski definition) is 2. The quantitative estimate of drug-likeness (QED) is 0.792. The van der Waals surface area contributed by atoms with Gasteiger partial charge in [0.05, 0.1) is 17.4 Å². The summed E-state index contributed by atoms with van der Waals surface area (Å²) in [5.74, 6) is -0.107. The fraction of sp³-hybridized carbons (Fsp3) is 0.438. The van der Waals surface area contributed by atoms with Crippen molar-refractivity contribution in [3.05, 3.63) is 41.7 Å². The highest BCUT2D eigenvalue weighted by atomic mass is 35.5. The number of nitrogens with one attached hydrogen (secondary N) is 1. The van der Waals surface area contributed by atoms with Crippen LogP contribution in [0, 0.1) is 5.92 Å². The zero-order valence-corrected chi connectivity index (χ0v) is 15.1. The number of alkyl halides is 3. The Morgan fingerprint density at radius 2 is 2.04 bits per heavy atom. The molecule has 1 atom stereocenters. The van der Waals surface area contributed by atoms with Gasteiger partial charge in [0.1, 0.15) is 0 Å². The average Bonchev–Trinajstić information content (AvgIpc) is 3.03. The van der Waals surface area contributed by atoms with E-state index in [0.29, 0.717) is 12.3 Å². The number of hydrogen-bond acceptors (Lipinski definition) is 4. The molecule has 1 amide bonds. The molecule has 26 heavy (non-hydrogen) atoms. The van der Waals surface area contributed by atoms with Crippen LogP contribution in [0.4, 0.5) is 13.2 Å². The van der Waals surface area contributed by atoms with Crippen molar-refractivity contribution in [1.29, 1.82) is 0 Å². The third kappa shape index (κ3) is 5.70. The number of aromatic nitrogens is 3. The second kappa shape index (κ2) is 9.00. The third-order valence-electron chi connectivity index (χ3n) is 3.54. The molecular formula is C16H21ClF3N5O. The molecule has 0 aliphatic rings. The van der Waals surface area contributed by atoms with Gasteiger partial charge in [-0.15, -0.1) is 17.5 Å². The minimum absolute atomic E-state index is 0. The summed E-state index contributed by atoms with van der Waals surface area (Å²) in [4.78, 5) is 12.2. The molecule has 0 saturated heterocycles. The molecule has 0 fully saturated rings. The molecule has 10 heteroatoms. The Kier molecular flexibility index (Phi) is 7.58.